The zero-order chi connectivity index (χ0) is 16.2. The molecule has 124 valence electrons. The minimum absolute atomic E-state index is 0.284. The Bertz CT molecular complexity index is 642. The average molecular weight is 318 g/mol. The lowest BCUT2D eigenvalue weighted by molar-refractivity contribution is 0.233. The van der Waals surface area contributed by atoms with Gasteiger partial charge in [-0.15, -0.1) is 0 Å². The van der Waals surface area contributed by atoms with Crippen LogP contribution in [0.25, 0.3) is 0 Å². The molecule has 6 nitrogen and oxygen atoms in total. The van der Waals surface area contributed by atoms with Crippen molar-refractivity contribution < 1.29 is 18.7 Å². The number of methoxy groups -OCH3 is 3. The summed E-state index contributed by atoms with van der Waals surface area (Å²) in [5.74, 6) is 2.18. The minimum atomic E-state index is 0.284. The summed E-state index contributed by atoms with van der Waals surface area (Å²) in [6.45, 7) is 1.79. The first kappa shape index (κ1) is 15.7. The molecule has 0 aliphatic carbocycles. The van der Waals surface area contributed by atoms with Gasteiger partial charge in [-0.05, 0) is 25.5 Å². The van der Waals surface area contributed by atoms with Gasteiger partial charge >= 0.3 is 0 Å². The third kappa shape index (κ3) is 3.12. The van der Waals surface area contributed by atoms with Gasteiger partial charge < -0.3 is 18.7 Å². The highest BCUT2D eigenvalue weighted by atomic mass is 16.5. The van der Waals surface area contributed by atoms with Gasteiger partial charge in [-0.2, -0.15) is 0 Å². The topological polar surface area (TPSA) is 57.0 Å². The summed E-state index contributed by atoms with van der Waals surface area (Å²) >= 11 is 0. The predicted molar refractivity (Wildman–Crippen MR) is 85.0 cm³/mol. The molecule has 1 aromatic heterocycles. The zero-order valence-corrected chi connectivity index (χ0v) is 13.7. The predicted octanol–water partition coefficient (Wildman–Crippen LogP) is 3.04. The molecule has 0 spiro atoms. The molecule has 0 amide bonds. The molecule has 0 unspecified atom stereocenters. The van der Waals surface area contributed by atoms with Gasteiger partial charge in [0.05, 0.1) is 27.4 Å². The molecule has 1 aliphatic rings. The standard InChI is InChI=1S/C17H22N2O4/c1-20-15-10-17(22-3)16(21-2)9-12(15)11-19-7-4-5-14(19)13-6-8-23-18-13/h6,8-10,14H,4-5,7,11H2,1-3H3/t14-/m0/s1. The zero-order valence-electron chi connectivity index (χ0n) is 13.7. The van der Waals surface area contributed by atoms with Crippen molar-refractivity contribution in [3.05, 3.63) is 35.7 Å². The fourth-order valence-corrected chi connectivity index (χ4v) is 3.18. The van der Waals surface area contributed by atoms with Crippen LogP contribution < -0.4 is 14.2 Å². The van der Waals surface area contributed by atoms with Crippen molar-refractivity contribution in [2.24, 2.45) is 0 Å². The molecule has 3 rings (SSSR count). The molecule has 1 fully saturated rings. The number of nitrogens with zero attached hydrogens (tertiary/aromatic N) is 2. The molecule has 0 N–H and O–H groups in total. The molecule has 1 aliphatic heterocycles. The Labute approximate surface area is 135 Å². The van der Waals surface area contributed by atoms with Gasteiger partial charge in [0, 0.05) is 24.2 Å². The van der Waals surface area contributed by atoms with Gasteiger partial charge in [0.25, 0.3) is 0 Å². The first-order valence-corrected chi connectivity index (χ1v) is 7.70. The van der Waals surface area contributed by atoms with Crippen molar-refractivity contribution >= 4 is 0 Å². The van der Waals surface area contributed by atoms with Crippen LogP contribution >= 0.6 is 0 Å². The quantitative estimate of drug-likeness (QED) is 0.816. The van der Waals surface area contributed by atoms with E-state index in [0.717, 1.165) is 42.9 Å². The number of rotatable bonds is 6. The second-order valence-electron chi connectivity index (χ2n) is 5.57. The van der Waals surface area contributed by atoms with Gasteiger partial charge in [-0.3, -0.25) is 4.90 Å². The van der Waals surface area contributed by atoms with Gasteiger partial charge in [0.1, 0.15) is 17.7 Å². The first-order chi connectivity index (χ1) is 11.3. The van der Waals surface area contributed by atoms with Crippen molar-refractivity contribution in [2.75, 3.05) is 27.9 Å². The van der Waals surface area contributed by atoms with Crippen LogP contribution in [0.2, 0.25) is 0 Å². The number of benzene rings is 1. The molecule has 0 radical (unpaired) electrons. The van der Waals surface area contributed by atoms with E-state index in [1.807, 2.05) is 18.2 Å². The van der Waals surface area contributed by atoms with Crippen LogP contribution in [-0.2, 0) is 6.54 Å². The smallest absolute Gasteiger partial charge is 0.164 e. The average Bonchev–Trinajstić information content (AvgIpc) is 3.25. The first-order valence-electron chi connectivity index (χ1n) is 7.70. The van der Waals surface area contributed by atoms with E-state index in [2.05, 4.69) is 10.1 Å². The molecular weight excluding hydrogens is 296 g/mol. The van der Waals surface area contributed by atoms with Crippen molar-refractivity contribution in [2.45, 2.75) is 25.4 Å². The Balaban J connectivity index is 1.86. The summed E-state index contributed by atoms with van der Waals surface area (Å²) in [6.07, 6.45) is 3.86. The summed E-state index contributed by atoms with van der Waals surface area (Å²) in [4.78, 5) is 2.39. The molecule has 1 saturated heterocycles. The van der Waals surface area contributed by atoms with E-state index in [4.69, 9.17) is 18.7 Å². The number of hydrogen-bond acceptors (Lipinski definition) is 6. The Morgan fingerprint density at radius 3 is 2.52 bits per heavy atom. The summed E-state index contributed by atoms with van der Waals surface area (Å²) in [7, 11) is 4.93. The number of likely N-dealkylation sites (tertiary alicyclic amines) is 1. The van der Waals surface area contributed by atoms with E-state index in [-0.39, 0.29) is 6.04 Å². The normalized spacial score (nSPS) is 18.1. The fourth-order valence-electron chi connectivity index (χ4n) is 3.18. The highest BCUT2D eigenvalue weighted by Crippen LogP contribution is 2.38. The third-order valence-electron chi connectivity index (χ3n) is 4.32. The largest absolute Gasteiger partial charge is 0.496 e. The van der Waals surface area contributed by atoms with Crippen LogP contribution in [0.5, 0.6) is 17.2 Å². The summed E-state index contributed by atoms with van der Waals surface area (Å²) in [5.41, 5.74) is 2.06. The maximum Gasteiger partial charge on any atom is 0.164 e. The highest BCUT2D eigenvalue weighted by Gasteiger charge is 2.29. The van der Waals surface area contributed by atoms with E-state index in [1.165, 1.54) is 0 Å². The van der Waals surface area contributed by atoms with Crippen molar-refractivity contribution in [1.29, 1.82) is 0 Å². The molecule has 1 atom stereocenters. The van der Waals surface area contributed by atoms with E-state index in [0.29, 0.717) is 11.5 Å². The lowest BCUT2D eigenvalue weighted by atomic mass is 10.1. The maximum atomic E-state index is 5.53. The van der Waals surface area contributed by atoms with Gasteiger partial charge in [-0.25, -0.2) is 0 Å². The molecular formula is C17H22N2O4. The molecule has 0 saturated carbocycles. The molecule has 2 heterocycles. The Hall–Kier alpha value is -2.21. The van der Waals surface area contributed by atoms with Crippen LogP contribution in [0.1, 0.15) is 30.1 Å². The second-order valence-corrected chi connectivity index (χ2v) is 5.57. The van der Waals surface area contributed by atoms with Crippen LogP contribution in [-0.4, -0.2) is 37.9 Å². The van der Waals surface area contributed by atoms with Gasteiger partial charge in [0.15, 0.2) is 11.5 Å². The van der Waals surface area contributed by atoms with Crippen molar-refractivity contribution in [3.63, 3.8) is 0 Å². The maximum absolute atomic E-state index is 5.53. The molecule has 6 heteroatoms. The number of aromatic nitrogens is 1. The van der Waals surface area contributed by atoms with Crippen LogP contribution in [0.4, 0.5) is 0 Å². The lowest BCUT2D eigenvalue weighted by Gasteiger charge is -2.24. The van der Waals surface area contributed by atoms with Gasteiger partial charge in [-0.1, -0.05) is 5.16 Å². The van der Waals surface area contributed by atoms with E-state index >= 15 is 0 Å². The SMILES string of the molecule is COc1cc(OC)c(OC)cc1CN1CCC[C@H]1c1ccon1. The number of hydrogen-bond donors (Lipinski definition) is 0. The Morgan fingerprint density at radius 1 is 1.13 bits per heavy atom. The Morgan fingerprint density at radius 2 is 1.87 bits per heavy atom. The molecule has 2 aromatic rings. The third-order valence-corrected chi connectivity index (χ3v) is 4.32. The van der Waals surface area contributed by atoms with Crippen LogP contribution in [0, 0.1) is 0 Å². The molecule has 0 bridgehead atoms. The summed E-state index contributed by atoms with van der Waals surface area (Å²) in [5, 5.41) is 4.10. The van der Waals surface area contributed by atoms with Crippen molar-refractivity contribution in [1.82, 2.24) is 10.1 Å². The van der Waals surface area contributed by atoms with Gasteiger partial charge in [0.2, 0.25) is 0 Å². The fraction of sp³-hybridized carbons (Fsp3) is 0.471. The van der Waals surface area contributed by atoms with E-state index < -0.39 is 0 Å². The highest BCUT2D eigenvalue weighted by molar-refractivity contribution is 5.50. The monoisotopic (exact) mass is 318 g/mol. The van der Waals surface area contributed by atoms with Crippen molar-refractivity contribution in [3.8, 4) is 17.2 Å². The van der Waals surface area contributed by atoms with E-state index in [9.17, 15) is 0 Å². The number of ether oxygens (including phenoxy) is 3. The molecule has 1 aromatic carbocycles. The van der Waals surface area contributed by atoms with E-state index in [1.54, 1.807) is 27.6 Å². The summed E-state index contributed by atoms with van der Waals surface area (Å²) < 4.78 is 21.3. The van der Waals surface area contributed by atoms with Crippen LogP contribution in [0.3, 0.4) is 0 Å². The second kappa shape index (κ2) is 6.91. The Kier molecular flexibility index (Phi) is 4.71. The van der Waals surface area contributed by atoms with Crippen LogP contribution in [0.15, 0.2) is 29.0 Å². The molecule has 23 heavy (non-hydrogen) atoms. The minimum Gasteiger partial charge on any atom is -0.496 e. The summed E-state index contributed by atoms with van der Waals surface area (Å²) in [6, 6.07) is 6.08. The lowest BCUT2D eigenvalue weighted by Crippen LogP contribution is -2.23.